The Hall–Kier alpha value is -1.48. The van der Waals surface area contributed by atoms with Crippen LogP contribution < -0.4 is 0 Å². The van der Waals surface area contributed by atoms with Crippen LogP contribution in [0.4, 0.5) is 0 Å². The third-order valence-electron chi connectivity index (χ3n) is 2.15. The second-order valence-corrected chi connectivity index (χ2v) is 3.88. The van der Waals surface area contributed by atoms with E-state index in [9.17, 15) is 0 Å². The molecule has 1 aromatic heterocycles. The Balaban J connectivity index is 3.11. The van der Waals surface area contributed by atoms with E-state index in [1.807, 2.05) is 13.0 Å². The molecule has 1 rings (SSSR count). The van der Waals surface area contributed by atoms with Crippen LogP contribution >= 0.6 is 0 Å². The maximum Gasteiger partial charge on any atom is 0.155 e. The predicted molar refractivity (Wildman–Crippen MR) is 65.9 cm³/mol. The Kier molecular flexibility index (Phi) is 4.86. The lowest BCUT2D eigenvalue weighted by Crippen LogP contribution is -1.99. The summed E-state index contributed by atoms with van der Waals surface area (Å²) in [6.45, 7) is 6.72. The van der Waals surface area contributed by atoms with Crippen molar-refractivity contribution in [3.05, 3.63) is 41.5 Å². The summed E-state index contributed by atoms with van der Waals surface area (Å²) in [5.41, 5.74) is 3.42. The molecule has 0 saturated heterocycles. The van der Waals surface area contributed by atoms with Gasteiger partial charge in [0.05, 0.1) is 6.61 Å². The Morgan fingerprint density at radius 1 is 1.25 bits per heavy atom. The van der Waals surface area contributed by atoms with E-state index in [1.54, 1.807) is 19.5 Å². The van der Waals surface area contributed by atoms with Gasteiger partial charge in [-0.05, 0) is 38.0 Å². The average Bonchev–Trinajstić information content (AvgIpc) is 2.28. The minimum absolute atomic E-state index is 0.579. The number of ether oxygens (including phenoxy) is 1. The van der Waals surface area contributed by atoms with Crippen LogP contribution in [0, 0.1) is 0 Å². The molecule has 0 fully saturated rings. The Morgan fingerprint density at radius 3 is 2.38 bits per heavy atom. The molecule has 0 aliphatic rings. The molecule has 1 heterocycles. The first kappa shape index (κ1) is 12.6. The number of hydrogen-bond donors (Lipinski definition) is 0. The lowest BCUT2D eigenvalue weighted by atomic mass is 10.1. The number of rotatable bonds is 4. The summed E-state index contributed by atoms with van der Waals surface area (Å²) < 4.78 is 5.19. The van der Waals surface area contributed by atoms with Crippen LogP contribution in [-0.2, 0) is 4.74 Å². The number of allylic oxidation sites excluding steroid dienone is 2. The fraction of sp³-hybridized carbons (Fsp3) is 0.385. The van der Waals surface area contributed by atoms with Gasteiger partial charge < -0.3 is 4.74 Å². The molecule has 3 heteroatoms. The molecule has 0 N–H and O–H groups in total. The van der Waals surface area contributed by atoms with Crippen LogP contribution in [0.2, 0.25) is 0 Å². The summed E-state index contributed by atoms with van der Waals surface area (Å²) in [5, 5.41) is 0. The van der Waals surface area contributed by atoms with E-state index in [2.05, 4.69) is 29.9 Å². The van der Waals surface area contributed by atoms with Crippen LogP contribution in [0.3, 0.4) is 0 Å². The maximum atomic E-state index is 5.19. The van der Waals surface area contributed by atoms with Gasteiger partial charge in [0, 0.05) is 19.5 Å². The van der Waals surface area contributed by atoms with Crippen molar-refractivity contribution in [2.75, 3.05) is 13.7 Å². The zero-order valence-electron chi connectivity index (χ0n) is 10.3. The monoisotopic (exact) mass is 218 g/mol. The van der Waals surface area contributed by atoms with Gasteiger partial charge in [-0.1, -0.05) is 11.6 Å². The van der Waals surface area contributed by atoms with Gasteiger partial charge in [-0.2, -0.15) is 0 Å². The minimum Gasteiger partial charge on any atom is -0.380 e. The van der Waals surface area contributed by atoms with Crippen molar-refractivity contribution in [1.82, 2.24) is 9.97 Å². The van der Waals surface area contributed by atoms with Crippen molar-refractivity contribution >= 4 is 5.57 Å². The molecule has 0 aliphatic carbocycles. The van der Waals surface area contributed by atoms with Gasteiger partial charge in [0.15, 0.2) is 5.82 Å². The van der Waals surface area contributed by atoms with Gasteiger partial charge in [0.1, 0.15) is 0 Å². The standard InChI is InChI=1S/C13H18N2O/c1-10(2)8-12(9-16-4)11(3)13-14-6-5-7-15-13/h5-8H,9H2,1-4H3/b12-11-. The highest BCUT2D eigenvalue weighted by Gasteiger charge is 2.04. The van der Waals surface area contributed by atoms with E-state index in [1.165, 1.54) is 5.57 Å². The van der Waals surface area contributed by atoms with E-state index in [-0.39, 0.29) is 0 Å². The van der Waals surface area contributed by atoms with Crippen LogP contribution in [0.5, 0.6) is 0 Å². The largest absolute Gasteiger partial charge is 0.380 e. The van der Waals surface area contributed by atoms with E-state index < -0.39 is 0 Å². The Labute approximate surface area is 96.9 Å². The minimum atomic E-state index is 0.579. The van der Waals surface area contributed by atoms with E-state index in [4.69, 9.17) is 4.74 Å². The average molecular weight is 218 g/mol. The third kappa shape index (κ3) is 3.59. The van der Waals surface area contributed by atoms with Crippen molar-refractivity contribution in [2.24, 2.45) is 0 Å². The van der Waals surface area contributed by atoms with Crippen molar-refractivity contribution in [3.63, 3.8) is 0 Å². The molecule has 3 nitrogen and oxygen atoms in total. The summed E-state index contributed by atoms with van der Waals surface area (Å²) >= 11 is 0. The molecule has 0 bridgehead atoms. The fourth-order valence-corrected chi connectivity index (χ4v) is 1.40. The molecule has 0 unspecified atom stereocenters. The predicted octanol–water partition coefficient (Wildman–Crippen LogP) is 2.86. The zero-order valence-corrected chi connectivity index (χ0v) is 10.3. The zero-order chi connectivity index (χ0) is 12.0. The van der Waals surface area contributed by atoms with Crippen molar-refractivity contribution in [3.8, 4) is 0 Å². The molecule has 0 aromatic carbocycles. The molecule has 0 amide bonds. The number of hydrogen-bond acceptors (Lipinski definition) is 3. The molecule has 16 heavy (non-hydrogen) atoms. The topological polar surface area (TPSA) is 35.0 Å². The van der Waals surface area contributed by atoms with Crippen molar-refractivity contribution < 1.29 is 4.74 Å². The molecule has 86 valence electrons. The van der Waals surface area contributed by atoms with Crippen molar-refractivity contribution in [1.29, 1.82) is 0 Å². The Morgan fingerprint density at radius 2 is 1.88 bits per heavy atom. The van der Waals surface area contributed by atoms with Crippen molar-refractivity contribution in [2.45, 2.75) is 20.8 Å². The van der Waals surface area contributed by atoms with Gasteiger partial charge in [-0.25, -0.2) is 9.97 Å². The van der Waals surface area contributed by atoms with E-state index in [0.29, 0.717) is 6.61 Å². The molecular formula is C13H18N2O. The molecule has 0 saturated carbocycles. The SMILES string of the molecule is COC/C(C=C(C)C)=C(/C)c1ncccn1. The molecule has 0 spiro atoms. The summed E-state index contributed by atoms with van der Waals surface area (Å²) in [6, 6.07) is 1.81. The molecular weight excluding hydrogens is 200 g/mol. The second kappa shape index (κ2) is 6.18. The van der Waals surface area contributed by atoms with Crippen LogP contribution in [0.25, 0.3) is 5.57 Å². The normalized spacial score (nSPS) is 12.0. The fourth-order valence-electron chi connectivity index (χ4n) is 1.40. The van der Waals surface area contributed by atoms with Gasteiger partial charge in [0.25, 0.3) is 0 Å². The van der Waals surface area contributed by atoms with Crippen LogP contribution in [0.15, 0.2) is 35.7 Å². The van der Waals surface area contributed by atoms with Crippen LogP contribution in [0.1, 0.15) is 26.6 Å². The van der Waals surface area contributed by atoms with Gasteiger partial charge >= 0.3 is 0 Å². The summed E-state index contributed by atoms with van der Waals surface area (Å²) in [5.74, 6) is 0.757. The van der Waals surface area contributed by atoms with E-state index >= 15 is 0 Å². The summed E-state index contributed by atoms with van der Waals surface area (Å²) in [7, 11) is 1.69. The molecule has 0 aliphatic heterocycles. The number of methoxy groups -OCH3 is 1. The first-order valence-electron chi connectivity index (χ1n) is 5.26. The molecule has 0 radical (unpaired) electrons. The highest BCUT2D eigenvalue weighted by atomic mass is 16.5. The van der Waals surface area contributed by atoms with Crippen LogP contribution in [-0.4, -0.2) is 23.7 Å². The number of nitrogens with zero attached hydrogens (tertiary/aromatic N) is 2. The lowest BCUT2D eigenvalue weighted by Gasteiger charge is -2.07. The smallest absolute Gasteiger partial charge is 0.155 e. The maximum absolute atomic E-state index is 5.19. The quantitative estimate of drug-likeness (QED) is 0.729. The van der Waals surface area contributed by atoms with Gasteiger partial charge in [-0.3, -0.25) is 0 Å². The summed E-state index contributed by atoms with van der Waals surface area (Å²) in [4.78, 5) is 8.47. The first-order valence-corrected chi connectivity index (χ1v) is 5.26. The third-order valence-corrected chi connectivity index (χ3v) is 2.15. The first-order chi connectivity index (χ1) is 7.65. The second-order valence-electron chi connectivity index (χ2n) is 3.88. The van der Waals surface area contributed by atoms with Gasteiger partial charge in [0.2, 0.25) is 0 Å². The number of aromatic nitrogens is 2. The summed E-state index contributed by atoms with van der Waals surface area (Å²) in [6.07, 6.45) is 5.60. The Bertz CT molecular complexity index is 390. The molecule has 0 atom stereocenters. The van der Waals surface area contributed by atoms with Gasteiger partial charge in [-0.15, -0.1) is 0 Å². The highest BCUT2D eigenvalue weighted by Crippen LogP contribution is 2.16. The molecule has 1 aromatic rings. The lowest BCUT2D eigenvalue weighted by molar-refractivity contribution is 0.228. The van der Waals surface area contributed by atoms with E-state index in [0.717, 1.165) is 17.0 Å². The highest BCUT2D eigenvalue weighted by molar-refractivity contribution is 5.64.